The Bertz CT molecular complexity index is 124. The molecule has 1 fully saturated rings. The van der Waals surface area contributed by atoms with Crippen LogP contribution in [0.4, 0.5) is 4.39 Å². The average molecular weight is 158 g/mol. The quantitative estimate of drug-likeness (QED) is 0.506. The molecule has 1 heteroatoms. The lowest BCUT2D eigenvalue weighted by atomic mass is 9.79. The lowest BCUT2D eigenvalue weighted by molar-refractivity contribution is 0.226. The van der Waals surface area contributed by atoms with E-state index in [0.29, 0.717) is 17.3 Å². The van der Waals surface area contributed by atoms with Crippen molar-refractivity contribution >= 4 is 0 Å². The van der Waals surface area contributed by atoms with Gasteiger partial charge in [-0.2, -0.15) is 0 Å². The Labute approximate surface area is 69.2 Å². The van der Waals surface area contributed by atoms with Crippen molar-refractivity contribution in [3.8, 4) is 0 Å². The molecule has 0 amide bonds. The molecule has 1 aliphatic rings. The van der Waals surface area contributed by atoms with Crippen LogP contribution >= 0.6 is 0 Å². The molecule has 1 aliphatic carbocycles. The molecule has 3 atom stereocenters. The highest BCUT2D eigenvalue weighted by molar-refractivity contribution is 4.87. The van der Waals surface area contributed by atoms with Crippen LogP contribution in [0.15, 0.2) is 0 Å². The zero-order chi connectivity index (χ0) is 8.65. The number of rotatable bonds is 0. The standard InChI is InChI=1S/C10H19F/c1-7-5-8(6-9(7)11)10(2,3)4/h7-9H,5-6H2,1-4H3. The van der Waals surface area contributed by atoms with Gasteiger partial charge in [0.25, 0.3) is 0 Å². The van der Waals surface area contributed by atoms with E-state index in [1.165, 1.54) is 0 Å². The molecule has 0 saturated heterocycles. The Hall–Kier alpha value is -0.0700. The van der Waals surface area contributed by atoms with E-state index in [0.717, 1.165) is 12.8 Å². The molecule has 0 N–H and O–H groups in total. The van der Waals surface area contributed by atoms with E-state index in [2.05, 4.69) is 20.8 Å². The fraction of sp³-hybridized carbons (Fsp3) is 1.00. The van der Waals surface area contributed by atoms with Gasteiger partial charge in [-0.1, -0.05) is 27.7 Å². The highest BCUT2D eigenvalue weighted by atomic mass is 19.1. The molecule has 0 aromatic carbocycles. The van der Waals surface area contributed by atoms with Crippen molar-refractivity contribution in [3.63, 3.8) is 0 Å². The van der Waals surface area contributed by atoms with E-state index < -0.39 is 6.17 Å². The summed E-state index contributed by atoms with van der Waals surface area (Å²) in [4.78, 5) is 0. The van der Waals surface area contributed by atoms with E-state index in [-0.39, 0.29) is 0 Å². The summed E-state index contributed by atoms with van der Waals surface area (Å²) in [5, 5.41) is 0. The Morgan fingerprint density at radius 2 is 1.73 bits per heavy atom. The number of alkyl halides is 1. The van der Waals surface area contributed by atoms with Crippen LogP contribution in [-0.2, 0) is 0 Å². The maximum absolute atomic E-state index is 13.1. The maximum atomic E-state index is 13.1. The van der Waals surface area contributed by atoms with Crippen LogP contribution in [0.3, 0.4) is 0 Å². The molecule has 1 rings (SSSR count). The summed E-state index contributed by atoms with van der Waals surface area (Å²) in [7, 11) is 0. The molecule has 0 radical (unpaired) electrons. The molecule has 66 valence electrons. The minimum atomic E-state index is -0.542. The molecule has 0 aliphatic heterocycles. The molecule has 1 saturated carbocycles. The van der Waals surface area contributed by atoms with Crippen molar-refractivity contribution in [2.45, 2.75) is 46.7 Å². The van der Waals surface area contributed by atoms with Gasteiger partial charge < -0.3 is 0 Å². The van der Waals surface area contributed by atoms with Crippen LogP contribution in [0.5, 0.6) is 0 Å². The first-order valence-electron chi connectivity index (χ1n) is 4.55. The van der Waals surface area contributed by atoms with Gasteiger partial charge in [-0.25, -0.2) is 4.39 Å². The van der Waals surface area contributed by atoms with Crippen LogP contribution in [0.1, 0.15) is 40.5 Å². The van der Waals surface area contributed by atoms with Crippen LogP contribution in [0, 0.1) is 17.3 Å². The third-order valence-electron chi connectivity index (χ3n) is 3.01. The summed E-state index contributed by atoms with van der Waals surface area (Å²) in [6.45, 7) is 8.66. The second kappa shape index (κ2) is 2.76. The summed E-state index contributed by atoms with van der Waals surface area (Å²) in [6, 6.07) is 0. The van der Waals surface area contributed by atoms with E-state index in [9.17, 15) is 4.39 Å². The van der Waals surface area contributed by atoms with Crippen molar-refractivity contribution in [2.75, 3.05) is 0 Å². The highest BCUT2D eigenvalue weighted by Gasteiger charge is 2.37. The fourth-order valence-electron chi connectivity index (χ4n) is 1.90. The molecule has 0 heterocycles. The molecule has 0 aromatic heterocycles. The van der Waals surface area contributed by atoms with Crippen LogP contribution in [-0.4, -0.2) is 6.17 Å². The van der Waals surface area contributed by atoms with E-state index >= 15 is 0 Å². The van der Waals surface area contributed by atoms with Gasteiger partial charge in [-0.15, -0.1) is 0 Å². The Morgan fingerprint density at radius 3 is 1.91 bits per heavy atom. The lowest BCUT2D eigenvalue weighted by Gasteiger charge is -2.26. The molecule has 3 unspecified atom stereocenters. The minimum absolute atomic E-state index is 0.291. The summed E-state index contributed by atoms with van der Waals surface area (Å²) in [6.07, 6.45) is 1.31. The first kappa shape index (κ1) is 9.02. The zero-order valence-corrected chi connectivity index (χ0v) is 8.02. The van der Waals surface area contributed by atoms with E-state index in [1.54, 1.807) is 0 Å². The van der Waals surface area contributed by atoms with Gasteiger partial charge in [0.2, 0.25) is 0 Å². The molecular weight excluding hydrogens is 139 g/mol. The smallest absolute Gasteiger partial charge is 0.103 e. The highest BCUT2D eigenvalue weighted by Crippen LogP contribution is 2.43. The Kier molecular flexibility index (Phi) is 2.27. The van der Waals surface area contributed by atoms with Gasteiger partial charge in [0.1, 0.15) is 6.17 Å². The van der Waals surface area contributed by atoms with Crippen LogP contribution in [0.25, 0.3) is 0 Å². The zero-order valence-electron chi connectivity index (χ0n) is 8.02. The largest absolute Gasteiger partial charge is 0.247 e. The normalized spacial score (nSPS) is 39.5. The van der Waals surface area contributed by atoms with E-state index in [4.69, 9.17) is 0 Å². The summed E-state index contributed by atoms with van der Waals surface area (Å²) in [5.41, 5.74) is 0.301. The number of halogens is 1. The van der Waals surface area contributed by atoms with Gasteiger partial charge in [0, 0.05) is 0 Å². The maximum Gasteiger partial charge on any atom is 0.103 e. The second-order valence-electron chi connectivity index (χ2n) is 5.03. The molecule has 0 bridgehead atoms. The molecule has 0 nitrogen and oxygen atoms in total. The fourth-order valence-corrected chi connectivity index (χ4v) is 1.90. The second-order valence-corrected chi connectivity index (χ2v) is 5.03. The number of hydrogen-bond donors (Lipinski definition) is 0. The molecule has 11 heavy (non-hydrogen) atoms. The number of hydrogen-bond acceptors (Lipinski definition) is 0. The van der Waals surface area contributed by atoms with Gasteiger partial charge in [0.15, 0.2) is 0 Å². The lowest BCUT2D eigenvalue weighted by Crippen LogP contribution is -2.17. The summed E-state index contributed by atoms with van der Waals surface area (Å²) >= 11 is 0. The molecule has 0 aromatic rings. The van der Waals surface area contributed by atoms with Crippen molar-refractivity contribution in [3.05, 3.63) is 0 Å². The van der Waals surface area contributed by atoms with Crippen LogP contribution < -0.4 is 0 Å². The van der Waals surface area contributed by atoms with E-state index in [1.807, 2.05) is 6.92 Å². The topological polar surface area (TPSA) is 0 Å². The van der Waals surface area contributed by atoms with Crippen LogP contribution in [0.2, 0.25) is 0 Å². The predicted molar refractivity (Wildman–Crippen MR) is 46.2 cm³/mol. The predicted octanol–water partition coefficient (Wildman–Crippen LogP) is 3.42. The van der Waals surface area contributed by atoms with Crippen molar-refractivity contribution in [1.82, 2.24) is 0 Å². The Morgan fingerprint density at radius 1 is 1.18 bits per heavy atom. The van der Waals surface area contributed by atoms with Crippen molar-refractivity contribution in [1.29, 1.82) is 0 Å². The summed E-state index contributed by atoms with van der Waals surface area (Å²) < 4.78 is 13.1. The first-order chi connectivity index (χ1) is 4.91. The monoisotopic (exact) mass is 158 g/mol. The average Bonchev–Trinajstić information content (AvgIpc) is 2.11. The minimum Gasteiger partial charge on any atom is -0.247 e. The Balaban J connectivity index is 2.54. The van der Waals surface area contributed by atoms with Gasteiger partial charge in [-0.3, -0.25) is 0 Å². The SMILES string of the molecule is CC1CC(C(C)(C)C)CC1F. The van der Waals surface area contributed by atoms with Crippen molar-refractivity contribution < 1.29 is 4.39 Å². The van der Waals surface area contributed by atoms with Gasteiger partial charge in [0.05, 0.1) is 0 Å². The molecule has 0 spiro atoms. The molecular formula is C10H19F. The summed E-state index contributed by atoms with van der Waals surface area (Å²) in [5.74, 6) is 0.881. The van der Waals surface area contributed by atoms with Crippen molar-refractivity contribution in [2.24, 2.45) is 17.3 Å². The van der Waals surface area contributed by atoms with Gasteiger partial charge in [-0.05, 0) is 30.1 Å². The third-order valence-corrected chi connectivity index (χ3v) is 3.01. The first-order valence-corrected chi connectivity index (χ1v) is 4.55. The third kappa shape index (κ3) is 1.94. The van der Waals surface area contributed by atoms with Gasteiger partial charge >= 0.3 is 0 Å².